The zero-order valence-electron chi connectivity index (χ0n) is 8.02. The Bertz CT molecular complexity index is 216. The van der Waals surface area contributed by atoms with Crippen LogP contribution in [0.4, 0.5) is 0 Å². The molecule has 0 atom stereocenters. The van der Waals surface area contributed by atoms with E-state index < -0.39 is 0 Å². The lowest BCUT2D eigenvalue weighted by atomic mass is 9.87. The summed E-state index contributed by atoms with van der Waals surface area (Å²) in [7, 11) is 0. The first kappa shape index (κ1) is 9.85. The van der Waals surface area contributed by atoms with Crippen molar-refractivity contribution < 1.29 is 4.79 Å². The van der Waals surface area contributed by atoms with E-state index in [1.54, 1.807) is 13.0 Å². The van der Waals surface area contributed by atoms with Crippen LogP contribution in [0.3, 0.4) is 0 Å². The van der Waals surface area contributed by atoms with E-state index in [1.165, 1.54) is 11.3 Å². The summed E-state index contributed by atoms with van der Waals surface area (Å²) in [6.07, 6.45) is 2.88. The van der Waals surface area contributed by atoms with Gasteiger partial charge in [0.25, 0.3) is 0 Å². The highest BCUT2D eigenvalue weighted by Gasteiger charge is 2.24. The van der Waals surface area contributed by atoms with Gasteiger partial charge in [-0.2, -0.15) is 11.8 Å². The number of hydrogen-bond acceptors (Lipinski definition) is 2. The van der Waals surface area contributed by atoms with Gasteiger partial charge in [-0.15, -0.1) is 0 Å². The molecule has 12 heavy (non-hydrogen) atoms. The standard InChI is InChI=1S/C10H16OS/c1-8(11)4-9-5-10(2,3)7-12-6-9/h4H,5-7H2,1-3H3/b9-4+. The smallest absolute Gasteiger partial charge is 0.152 e. The molecule has 1 saturated heterocycles. The molecule has 2 heteroatoms. The maximum atomic E-state index is 10.8. The van der Waals surface area contributed by atoms with Crippen LogP contribution in [0.25, 0.3) is 0 Å². The van der Waals surface area contributed by atoms with E-state index in [0.717, 1.165) is 12.2 Å². The fraction of sp³-hybridized carbons (Fsp3) is 0.700. The van der Waals surface area contributed by atoms with Gasteiger partial charge in [-0.05, 0) is 30.6 Å². The second kappa shape index (κ2) is 3.65. The topological polar surface area (TPSA) is 17.1 Å². The minimum atomic E-state index is 0.184. The van der Waals surface area contributed by atoms with Crippen molar-refractivity contribution in [3.8, 4) is 0 Å². The van der Waals surface area contributed by atoms with Crippen LogP contribution >= 0.6 is 11.8 Å². The molecular formula is C10H16OS. The maximum Gasteiger partial charge on any atom is 0.152 e. The minimum Gasteiger partial charge on any atom is -0.295 e. The van der Waals surface area contributed by atoms with E-state index in [-0.39, 0.29) is 5.78 Å². The van der Waals surface area contributed by atoms with E-state index in [4.69, 9.17) is 0 Å². The predicted octanol–water partition coefficient (Wildman–Crippen LogP) is 2.66. The van der Waals surface area contributed by atoms with Gasteiger partial charge in [0.1, 0.15) is 0 Å². The van der Waals surface area contributed by atoms with Crippen molar-refractivity contribution in [1.29, 1.82) is 0 Å². The van der Waals surface area contributed by atoms with Crippen molar-refractivity contribution in [2.75, 3.05) is 11.5 Å². The Balaban J connectivity index is 2.64. The number of ketones is 1. The van der Waals surface area contributed by atoms with Gasteiger partial charge in [0.05, 0.1) is 0 Å². The van der Waals surface area contributed by atoms with Crippen LogP contribution in [-0.2, 0) is 4.79 Å². The summed E-state index contributed by atoms with van der Waals surface area (Å²) in [5.41, 5.74) is 1.69. The summed E-state index contributed by atoms with van der Waals surface area (Å²) < 4.78 is 0. The number of hydrogen-bond donors (Lipinski definition) is 0. The van der Waals surface area contributed by atoms with Crippen molar-refractivity contribution in [2.45, 2.75) is 27.2 Å². The lowest BCUT2D eigenvalue weighted by Gasteiger charge is -2.30. The molecule has 0 N–H and O–H groups in total. The predicted molar refractivity (Wildman–Crippen MR) is 54.5 cm³/mol. The lowest BCUT2D eigenvalue weighted by Crippen LogP contribution is -2.21. The maximum absolute atomic E-state index is 10.8. The third kappa shape index (κ3) is 3.02. The molecule has 0 aromatic heterocycles. The van der Waals surface area contributed by atoms with Gasteiger partial charge in [-0.1, -0.05) is 19.4 Å². The Kier molecular flexibility index (Phi) is 2.99. The Morgan fingerprint density at radius 3 is 2.75 bits per heavy atom. The molecule has 68 valence electrons. The van der Waals surface area contributed by atoms with Gasteiger partial charge in [0.2, 0.25) is 0 Å². The largest absolute Gasteiger partial charge is 0.295 e. The second-order valence-corrected chi connectivity index (χ2v) is 5.23. The lowest BCUT2D eigenvalue weighted by molar-refractivity contribution is -0.112. The van der Waals surface area contributed by atoms with E-state index in [1.807, 2.05) is 11.8 Å². The van der Waals surface area contributed by atoms with Gasteiger partial charge < -0.3 is 0 Å². The molecule has 1 heterocycles. The molecule has 0 aromatic rings. The second-order valence-electron chi connectivity index (χ2n) is 4.25. The molecule has 1 aliphatic heterocycles. The zero-order chi connectivity index (χ0) is 9.19. The van der Waals surface area contributed by atoms with Gasteiger partial charge in [0.15, 0.2) is 5.78 Å². The van der Waals surface area contributed by atoms with Crippen LogP contribution in [0, 0.1) is 5.41 Å². The third-order valence-electron chi connectivity index (χ3n) is 1.89. The molecule has 0 aromatic carbocycles. The van der Waals surface area contributed by atoms with Crippen molar-refractivity contribution >= 4 is 17.5 Å². The van der Waals surface area contributed by atoms with Crippen molar-refractivity contribution in [2.24, 2.45) is 5.41 Å². The van der Waals surface area contributed by atoms with Crippen LogP contribution in [0.2, 0.25) is 0 Å². The van der Waals surface area contributed by atoms with Crippen LogP contribution in [-0.4, -0.2) is 17.3 Å². The molecule has 1 nitrogen and oxygen atoms in total. The molecule has 1 aliphatic rings. The van der Waals surface area contributed by atoms with Crippen molar-refractivity contribution in [3.05, 3.63) is 11.6 Å². The van der Waals surface area contributed by atoms with Crippen LogP contribution < -0.4 is 0 Å². The molecular weight excluding hydrogens is 168 g/mol. The summed E-state index contributed by atoms with van der Waals surface area (Å²) in [5.74, 6) is 2.44. The highest BCUT2D eigenvalue weighted by Crippen LogP contribution is 2.36. The van der Waals surface area contributed by atoms with Gasteiger partial charge >= 0.3 is 0 Å². The molecule has 0 unspecified atom stereocenters. The van der Waals surface area contributed by atoms with Gasteiger partial charge in [0, 0.05) is 5.75 Å². The summed E-state index contributed by atoms with van der Waals surface area (Å²) in [5, 5.41) is 0. The Morgan fingerprint density at radius 2 is 2.25 bits per heavy atom. The molecule has 0 amide bonds. The molecule has 0 radical (unpaired) electrons. The van der Waals surface area contributed by atoms with E-state index >= 15 is 0 Å². The Labute approximate surface area is 78.6 Å². The molecule has 0 aliphatic carbocycles. The molecule has 1 rings (SSSR count). The fourth-order valence-corrected chi connectivity index (χ4v) is 2.76. The number of thioether (sulfide) groups is 1. The number of rotatable bonds is 1. The molecule has 1 fully saturated rings. The molecule has 0 saturated carbocycles. The highest BCUT2D eigenvalue weighted by atomic mass is 32.2. The minimum absolute atomic E-state index is 0.184. The Hall–Kier alpha value is -0.240. The number of carbonyl (C=O) groups is 1. The normalized spacial score (nSPS) is 25.8. The van der Waals surface area contributed by atoms with Crippen LogP contribution in [0.1, 0.15) is 27.2 Å². The monoisotopic (exact) mass is 184 g/mol. The highest BCUT2D eigenvalue weighted by molar-refractivity contribution is 7.99. The summed E-state index contributed by atoms with van der Waals surface area (Å²) in [6, 6.07) is 0. The SMILES string of the molecule is CC(=O)/C=C1/CSCC(C)(C)C1. The quantitative estimate of drug-likeness (QED) is 0.583. The molecule has 0 spiro atoms. The third-order valence-corrected chi connectivity index (χ3v) is 3.45. The van der Waals surface area contributed by atoms with Gasteiger partial charge in [-0.25, -0.2) is 0 Å². The fourth-order valence-electron chi connectivity index (χ4n) is 1.56. The summed E-state index contributed by atoms with van der Waals surface area (Å²) in [4.78, 5) is 10.8. The van der Waals surface area contributed by atoms with E-state index in [9.17, 15) is 4.79 Å². The van der Waals surface area contributed by atoms with E-state index in [2.05, 4.69) is 13.8 Å². The summed E-state index contributed by atoms with van der Waals surface area (Å²) in [6.45, 7) is 6.14. The van der Waals surface area contributed by atoms with Crippen molar-refractivity contribution in [3.63, 3.8) is 0 Å². The first-order chi connectivity index (χ1) is 5.49. The zero-order valence-corrected chi connectivity index (χ0v) is 8.83. The first-order valence-corrected chi connectivity index (χ1v) is 5.43. The number of carbonyl (C=O) groups excluding carboxylic acids is 1. The average molecular weight is 184 g/mol. The molecule has 0 bridgehead atoms. The number of allylic oxidation sites excluding steroid dienone is 1. The van der Waals surface area contributed by atoms with Crippen LogP contribution in [0.15, 0.2) is 11.6 Å². The van der Waals surface area contributed by atoms with Crippen LogP contribution in [0.5, 0.6) is 0 Å². The van der Waals surface area contributed by atoms with Crippen molar-refractivity contribution in [1.82, 2.24) is 0 Å². The van der Waals surface area contributed by atoms with E-state index in [0.29, 0.717) is 5.41 Å². The summed E-state index contributed by atoms with van der Waals surface area (Å²) >= 11 is 1.93. The van der Waals surface area contributed by atoms with Gasteiger partial charge in [-0.3, -0.25) is 4.79 Å². The Morgan fingerprint density at radius 1 is 1.58 bits per heavy atom. The average Bonchev–Trinajstić information content (AvgIpc) is 1.82. The first-order valence-electron chi connectivity index (χ1n) is 4.27.